The van der Waals surface area contributed by atoms with Crippen LogP contribution in [-0.2, 0) is 73.6 Å². The molecular weight excluding hydrogens is 1030 g/mol. The second-order valence-corrected chi connectivity index (χ2v) is 19.9. The van der Waals surface area contributed by atoms with Crippen molar-refractivity contribution in [1.82, 2.24) is 57.5 Å². The Morgan fingerprint density at radius 3 is 1.73 bits per heavy atom. The molecule has 5 aromatic rings. The number of carbonyl (C=O) groups excluding carboxylic acids is 10. The predicted molar refractivity (Wildman–Crippen MR) is 297 cm³/mol. The first-order valence-corrected chi connectivity index (χ1v) is 26.5. The van der Waals surface area contributed by atoms with Crippen LogP contribution >= 0.6 is 0 Å². The van der Waals surface area contributed by atoms with Gasteiger partial charge in [-0.25, -0.2) is 4.98 Å². The Labute approximate surface area is 463 Å². The minimum atomic E-state index is -1.36. The van der Waals surface area contributed by atoms with Gasteiger partial charge in [0.2, 0.25) is 59.1 Å². The highest BCUT2D eigenvalue weighted by atomic mass is 16.2. The van der Waals surface area contributed by atoms with Gasteiger partial charge in [-0.05, 0) is 54.9 Å². The number of amides is 10. The van der Waals surface area contributed by atoms with Crippen molar-refractivity contribution in [2.24, 2.45) is 23.1 Å². The number of unbranched alkanes of at least 4 members (excludes halogenated alkanes) is 1. The van der Waals surface area contributed by atoms with Gasteiger partial charge in [0.25, 0.3) is 0 Å². The molecule has 80 heavy (non-hydrogen) atoms. The van der Waals surface area contributed by atoms with E-state index in [1.165, 1.54) is 19.4 Å². The molecule has 428 valence electrons. The van der Waals surface area contributed by atoms with Gasteiger partial charge in [0.05, 0.1) is 18.9 Å². The van der Waals surface area contributed by atoms with Gasteiger partial charge in [-0.1, -0.05) is 112 Å². The van der Waals surface area contributed by atoms with E-state index in [0.29, 0.717) is 29.7 Å². The molecule has 0 bridgehead atoms. The molecule has 0 unspecified atom stereocenters. The lowest BCUT2D eigenvalue weighted by Gasteiger charge is -2.26. The third kappa shape index (κ3) is 19.5. The van der Waals surface area contributed by atoms with Crippen LogP contribution in [0, 0.1) is 5.92 Å². The van der Waals surface area contributed by atoms with Gasteiger partial charge >= 0.3 is 0 Å². The van der Waals surface area contributed by atoms with Crippen molar-refractivity contribution >= 4 is 70.0 Å². The summed E-state index contributed by atoms with van der Waals surface area (Å²) in [5.74, 6) is -8.17. The monoisotopic (exact) mass is 1100 g/mol. The number of primary amides is 2. The summed E-state index contributed by atoms with van der Waals surface area (Å²) >= 11 is 0. The zero-order chi connectivity index (χ0) is 58.3. The summed E-state index contributed by atoms with van der Waals surface area (Å²) in [6, 6.07) is 15.2. The fourth-order valence-electron chi connectivity index (χ4n) is 8.64. The van der Waals surface area contributed by atoms with Crippen molar-refractivity contribution in [3.63, 3.8) is 0 Å². The summed E-state index contributed by atoms with van der Waals surface area (Å²) in [6.45, 7) is 5.92. The minimum absolute atomic E-state index is 0.0262. The molecule has 8 atom stereocenters. The standard InChI is InChI=1S/C56H74N14O10/c1-5-6-20-41(49(59)73)66-54(78)43(25-35-17-11-8-12-18-35)68-55(79)45(27-37-29-60-31-63-37)65-47(72)30-62-56(80)48(32(2)3)70-50(74)33(4)64-53(77)44(26-36-28-61-40-21-14-13-19-38(36)40)69-52(76)42(22-23-46(58)71)67-51(75)39(57)24-34-15-9-7-10-16-34/h7-19,21,28-29,31-33,39,41-45,48,61H,5-6,20,22-27,30,57H2,1-4H3,(H2,58,71)(H2,59,73)(H,60,63)(H,62,80)(H,64,77)(H,65,72)(H,66,78)(H,67,75)(H,68,79)(H,69,76)(H,70,74)/t33-,39+,41-,42-,43-,44-,45-,48-/m0/s1. The highest BCUT2D eigenvalue weighted by Gasteiger charge is 2.34. The van der Waals surface area contributed by atoms with Crippen LogP contribution in [0.4, 0.5) is 0 Å². The molecule has 2 heterocycles. The number of rotatable bonds is 32. The summed E-state index contributed by atoms with van der Waals surface area (Å²) in [7, 11) is 0. The smallest absolute Gasteiger partial charge is 0.243 e. The number of fused-ring (bicyclic) bond motifs is 1. The first-order chi connectivity index (χ1) is 38.2. The zero-order valence-corrected chi connectivity index (χ0v) is 45.3. The van der Waals surface area contributed by atoms with Crippen LogP contribution in [0.1, 0.15) is 82.2 Å². The average molecular weight is 1100 g/mol. The van der Waals surface area contributed by atoms with E-state index in [1.807, 2.05) is 31.2 Å². The van der Waals surface area contributed by atoms with Crippen molar-refractivity contribution in [3.8, 4) is 0 Å². The van der Waals surface area contributed by atoms with E-state index in [4.69, 9.17) is 17.2 Å². The Bertz CT molecular complexity index is 2900. The fourth-order valence-corrected chi connectivity index (χ4v) is 8.64. The molecule has 0 saturated carbocycles. The van der Waals surface area contributed by atoms with Gasteiger partial charge in [0.15, 0.2) is 0 Å². The number of aromatic amines is 2. The number of benzene rings is 3. The summed E-state index contributed by atoms with van der Waals surface area (Å²) in [6.07, 6.45) is 5.61. The number of carbonyl (C=O) groups is 10. The highest BCUT2D eigenvalue weighted by Crippen LogP contribution is 2.20. The van der Waals surface area contributed by atoms with E-state index in [0.717, 1.165) is 22.9 Å². The number of para-hydroxylation sites is 1. The van der Waals surface area contributed by atoms with Gasteiger partial charge in [-0.2, -0.15) is 0 Å². The molecule has 0 saturated heterocycles. The summed E-state index contributed by atoms with van der Waals surface area (Å²) in [5, 5.41) is 21.8. The summed E-state index contributed by atoms with van der Waals surface area (Å²) < 4.78 is 0. The number of nitrogens with zero attached hydrogens (tertiary/aromatic N) is 1. The van der Waals surface area contributed by atoms with Crippen LogP contribution in [0.2, 0.25) is 0 Å². The molecule has 16 N–H and O–H groups in total. The van der Waals surface area contributed by atoms with Crippen LogP contribution < -0.4 is 59.7 Å². The fraction of sp³-hybridized carbons (Fsp3) is 0.411. The average Bonchev–Trinajstić information content (AvgIpc) is 4.12. The largest absolute Gasteiger partial charge is 0.370 e. The first kappa shape index (κ1) is 61.9. The van der Waals surface area contributed by atoms with E-state index in [2.05, 4.69) is 57.5 Å². The van der Waals surface area contributed by atoms with Crippen LogP contribution in [0.3, 0.4) is 0 Å². The molecule has 0 aliphatic heterocycles. The Morgan fingerprint density at radius 2 is 1.12 bits per heavy atom. The van der Waals surface area contributed by atoms with E-state index in [1.54, 1.807) is 80.7 Å². The van der Waals surface area contributed by atoms with E-state index in [9.17, 15) is 47.9 Å². The molecule has 3 aromatic carbocycles. The summed E-state index contributed by atoms with van der Waals surface area (Å²) in [4.78, 5) is 145. The number of hydrogen-bond acceptors (Lipinski definition) is 12. The number of H-pyrrole nitrogens is 2. The third-order valence-electron chi connectivity index (χ3n) is 13.2. The molecule has 24 heteroatoms. The Balaban J connectivity index is 1.25. The second-order valence-electron chi connectivity index (χ2n) is 19.9. The van der Waals surface area contributed by atoms with Crippen LogP contribution in [-0.4, -0.2) is 129 Å². The van der Waals surface area contributed by atoms with Gasteiger partial charge in [0, 0.05) is 54.7 Å². The van der Waals surface area contributed by atoms with Gasteiger partial charge in [-0.3, -0.25) is 47.9 Å². The van der Waals surface area contributed by atoms with Crippen molar-refractivity contribution in [2.45, 2.75) is 134 Å². The first-order valence-electron chi connectivity index (χ1n) is 26.5. The molecule has 24 nitrogen and oxygen atoms in total. The lowest BCUT2D eigenvalue weighted by atomic mass is 10.0. The van der Waals surface area contributed by atoms with E-state index < -0.39 is 120 Å². The maximum atomic E-state index is 14.2. The number of hydrogen-bond donors (Lipinski definition) is 13. The van der Waals surface area contributed by atoms with Crippen LogP contribution in [0.25, 0.3) is 10.9 Å². The molecule has 0 aliphatic carbocycles. The number of imidazole rings is 1. The predicted octanol–water partition coefficient (Wildman–Crippen LogP) is -0.384. The summed E-state index contributed by atoms with van der Waals surface area (Å²) in [5.41, 5.74) is 20.6. The van der Waals surface area contributed by atoms with Crippen molar-refractivity contribution < 1.29 is 47.9 Å². The van der Waals surface area contributed by atoms with Crippen LogP contribution in [0.15, 0.2) is 104 Å². The topological polar surface area (TPSA) is 389 Å². The maximum absolute atomic E-state index is 14.2. The molecule has 0 radical (unpaired) electrons. The molecule has 10 amide bonds. The van der Waals surface area contributed by atoms with Gasteiger partial charge in [-0.15, -0.1) is 0 Å². The van der Waals surface area contributed by atoms with Crippen molar-refractivity contribution in [3.05, 3.63) is 126 Å². The van der Waals surface area contributed by atoms with E-state index >= 15 is 0 Å². The van der Waals surface area contributed by atoms with Crippen LogP contribution in [0.5, 0.6) is 0 Å². The molecule has 0 fully saturated rings. The molecule has 5 rings (SSSR count). The maximum Gasteiger partial charge on any atom is 0.243 e. The van der Waals surface area contributed by atoms with Gasteiger partial charge in [0.1, 0.15) is 42.3 Å². The lowest BCUT2D eigenvalue weighted by molar-refractivity contribution is -0.135. The second kappa shape index (κ2) is 30.9. The number of nitrogens with one attached hydrogen (secondary N) is 10. The Hall–Kier alpha value is -8.93. The molecule has 0 spiro atoms. The molecule has 2 aromatic heterocycles. The van der Waals surface area contributed by atoms with Gasteiger partial charge < -0.3 is 69.7 Å². The molecule has 0 aliphatic rings. The van der Waals surface area contributed by atoms with Crippen molar-refractivity contribution in [2.75, 3.05) is 6.54 Å². The molecular formula is C56H74N14O10. The minimum Gasteiger partial charge on any atom is -0.370 e. The quantitative estimate of drug-likeness (QED) is 0.0262. The normalized spacial score (nSPS) is 14.1. The number of aromatic nitrogens is 3. The Kier molecular flexibility index (Phi) is 23.9. The number of nitrogens with two attached hydrogens (primary N) is 3. The van der Waals surface area contributed by atoms with Crippen molar-refractivity contribution in [1.29, 1.82) is 0 Å². The SMILES string of the molecule is CCCC[C@H](NC(=O)[C@H](Cc1ccccc1)NC(=O)[C@H](Cc1cnc[nH]1)NC(=O)CNC(=O)[C@@H](NC(=O)[C@H](C)NC(=O)[C@H](Cc1c[nH]c2ccccc12)NC(=O)[C@H](CCC(N)=O)NC(=O)[C@H](N)Cc1ccccc1)C(C)C)C(N)=O. The third-order valence-corrected chi connectivity index (χ3v) is 13.2. The van der Waals surface area contributed by atoms with E-state index in [-0.39, 0.29) is 38.5 Å². The zero-order valence-electron chi connectivity index (χ0n) is 45.3. The highest BCUT2D eigenvalue weighted by molar-refractivity contribution is 5.98. The lowest BCUT2D eigenvalue weighted by Crippen LogP contribution is -2.59. The Morgan fingerprint density at radius 1 is 0.562 bits per heavy atom.